The molecule has 1 aromatic rings. The summed E-state index contributed by atoms with van der Waals surface area (Å²) in [6.07, 6.45) is 0. The van der Waals surface area contributed by atoms with E-state index in [1.807, 2.05) is 25.9 Å². The molecule has 1 heterocycles. The fourth-order valence-corrected chi connectivity index (χ4v) is 1.87. The number of nitrogens with zero attached hydrogens (tertiary/aromatic N) is 3. The molecule has 0 atom stereocenters. The first-order valence-corrected chi connectivity index (χ1v) is 5.35. The van der Waals surface area contributed by atoms with Crippen LogP contribution in [0.2, 0.25) is 5.02 Å². The minimum Gasteiger partial charge on any atom is -0.392 e. The Kier molecular flexibility index (Phi) is 4.07. The van der Waals surface area contributed by atoms with Crippen molar-refractivity contribution in [3.05, 3.63) is 16.4 Å². The van der Waals surface area contributed by atoms with Gasteiger partial charge in [0.2, 0.25) is 0 Å². The summed E-state index contributed by atoms with van der Waals surface area (Å²) in [6.45, 7) is 3.16. The fourth-order valence-electron chi connectivity index (χ4n) is 1.43. The lowest BCUT2D eigenvalue weighted by Gasteiger charge is -2.15. The molecule has 0 radical (unpaired) electrons. The van der Waals surface area contributed by atoms with Gasteiger partial charge in [-0.1, -0.05) is 23.8 Å². The van der Waals surface area contributed by atoms with Gasteiger partial charge in [0.25, 0.3) is 0 Å². The summed E-state index contributed by atoms with van der Waals surface area (Å²) < 4.78 is 1.79. The zero-order valence-corrected chi connectivity index (χ0v) is 10.7. The summed E-state index contributed by atoms with van der Waals surface area (Å²) in [5.41, 5.74) is 7.29. The van der Waals surface area contributed by atoms with Crippen molar-refractivity contribution in [1.82, 2.24) is 14.7 Å². The Hall–Kier alpha value is -0.650. The van der Waals surface area contributed by atoms with Crippen LogP contribution in [0.3, 0.4) is 0 Å². The Balaban J connectivity index is 2.76. The van der Waals surface area contributed by atoms with E-state index in [1.165, 1.54) is 0 Å². The number of rotatable bonds is 4. The Labute approximate surface area is 100.0 Å². The van der Waals surface area contributed by atoms with E-state index in [1.54, 1.807) is 4.68 Å². The minimum absolute atomic E-state index is 0.479. The number of halogens is 1. The molecule has 0 spiro atoms. The van der Waals surface area contributed by atoms with Crippen LogP contribution in [0, 0.1) is 6.92 Å². The molecule has 84 valence electrons. The van der Waals surface area contributed by atoms with Gasteiger partial charge in [-0.2, -0.15) is 5.10 Å². The number of hydrogen-bond donors (Lipinski definition) is 1. The standard InChI is InChI=1S/C9H15ClN4S/c1-6-9(10)7(14(3)12-6)4-13(2)5-8(11)15/h4-5H2,1-3H3,(H2,11,15). The summed E-state index contributed by atoms with van der Waals surface area (Å²) in [4.78, 5) is 2.48. The highest BCUT2D eigenvalue weighted by atomic mass is 35.5. The van der Waals surface area contributed by atoms with Crippen molar-refractivity contribution in [2.75, 3.05) is 13.6 Å². The van der Waals surface area contributed by atoms with Gasteiger partial charge in [-0.3, -0.25) is 9.58 Å². The second-order valence-corrected chi connectivity index (χ2v) is 4.51. The monoisotopic (exact) mass is 246 g/mol. The van der Waals surface area contributed by atoms with Crippen LogP contribution >= 0.6 is 23.8 Å². The lowest BCUT2D eigenvalue weighted by molar-refractivity contribution is 0.362. The fraction of sp³-hybridized carbons (Fsp3) is 0.556. The van der Waals surface area contributed by atoms with Crippen LogP contribution in [0.15, 0.2) is 0 Å². The van der Waals surface area contributed by atoms with Crippen molar-refractivity contribution < 1.29 is 0 Å². The SMILES string of the molecule is Cc1nn(C)c(CN(C)CC(N)=S)c1Cl. The molecule has 2 N–H and O–H groups in total. The minimum atomic E-state index is 0.479. The Morgan fingerprint density at radius 3 is 2.67 bits per heavy atom. The summed E-state index contributed by atoms with van der Waals surface area (Å²) in [7, 11) is 3.82. The summed E-state index contributed by atoms with van der Waals surface area (Å²) in [6, 6.07) is 0. The van der Waals surface area contributed by atoms with Gasteiger partial charge in [0.1, 0.15) is 0 Å². The molecule has 0 amide bonds. The van der Waals surface area contributed by atoms with E-state index in [0.29, 0.717) is 23.1 Å². The van der Waals surface area contributed by atoms with Crippen LogP contribution < -0.4 is 5.73 Å². The van der Waals surface area contributed by atoms with Gasteiger partial charge < -0.3 is 5.73 Å². The number of likely N-dealkylation sites (N-methyl/N-ethyl adjacent to an activating group) is 1. The molecule has 1 rings (SSSR count). The topological polar surface area (TPSA) is 47.1 Å². The molecule has 0 aliphatic rings. The maximum absolute atomic E-state index is 6.12. The van der Waals surface area contributed by atoms with Crippen LogP contribution in [-0.2, 0) is 13.6 Å². The number of nitrogens with two attached hydrogens (primary N) is 1. The lowest BCUT2D eigenvalue weighted by Crippen LogP contribution is -2.29. The number of hydrogen-bond acceptors (Lipinski definition) is 3. The number of thiocarbonyl (C=S) groups is 1. The Morgan fingerprint density at radius 2 is 2.27 bits per heavy atom. The van der Waals surface area contributed by atoms with Gasteiger partial charge in [-0.15, -0.1) is 0 Å². The summed E-state index contributed by atoms with van der Waals surface area (Å²) in [5, 5.41) is 4.95. The number of aromatic nitrogens is 2. The third-order valence-corrected chi connectivity index (χ3v) is 2.73. The predicted octanol–water partition coefficient (Wildman–Crippen LogP) is 1.10. The van der Waals surface area contributed by atoms with Crippen molar-refractivity contribution in [2.24, 2.45) is 12.8 Å². The Bertz CT molecular complexity index is 374. The second kappa shape index (κ2) is 4.92. The second-order valence-electron chi connectivity index (χ2n) is 3.61. The summed E-state index contributed by atoms with van der Waals surface area (Å²) in [5.74, 6) is 0. The van der Waals surface area contributed by atoms with Crippen LogP contribution in [0.4, 0.5) is 0 Å². The molecule has 15 heavy (non-hydrogen) atoms. The largest absolute Gasteiger partial charge is 0.392 e. The van der Waals surface area contributed by atoms with Crippen LogP contribution in [0.5, 0.6) is 0 Å². The predicted molar refractivity (Wildman–Crippen MR) is 66.1 cm³/mol. The van der Waals surface area contributed by atoms with Crippen molar-refractivity contribution in [2.45, 2.75) is 13.5 Å². The van der Waals surface area contributed by atoms with E-state index in [-0.39, 0.29) is 0 Å². The van der Waals surface area contributed by atoms with Gasteiger partial charge in [0.15, 0.2) is 0 Å². The highest BCUT2D eigenvalue weighted by Crippen LogP contribution is 2.20. The molecule has 4 nitrogen and oxygen atoms in total. The molecular formula is C9H15ClN4S. The zero-order chi connectivity index (χ0) is 11.6. The quantitative estimate of drug-likeness (QED) is 0.809. The van der Waals surface area contributed by atoms with Crippen molar-refractivity contribution in [1.29, 1.82) is 0 Å². The van der Waals surface area contributed by atoms with Gasteiger partial charge >= 0.3 is 0 Å². The molecule has 0 aliphatic heterocycles. The third kappa shape index (κ3) is 3.15. The molecule has 0 saturated heterocycles. The third-order valence-electron chi connectivity index (χ3n) is 2.11. The zero-order valence-electron chi connectivity index (χ0n) is 9.12. The lowest BCUT2D eigenvalue weighted by atomic mass is 10.3. The first-order valence-electron chi connectivity index (χ1n) is 4.56. The maximum Gasteiger partial charge on any atom is 0.0870 e. The van der Waals surface area contributed by atoms with E-state index in [4.69, 9.17) is 29.6 Å². The maximum atomic E-state index is 6.12. The van der Waals surface area contributed by atoms with E-state index in [0.717, 1.165) is 11.4 Å². The normalized spacial score (nSPS) is 11.0. The highest BCUT2D eigenvalue weighted by Gasteiger charge is 2.12. The number of aryl methyl sites for hydroxylation is 2. The van der Waals surface area contributed by atoms with Crippen molar-refractivity contribution in [3.8, 4) is 0 Å². The first-order chi connectivity index (χ1) is 6.91. The molecule has 6 heteroatoms. The smallest absolute Gasteiger partial charge is 0.0870 e. The van der Waals surface area contributed by atoms with Crippen LogP contribution in [-0.4, -0.2) is 33.3 Å². The van der Waals surface area contributed by atoms with Gasteiger partial charge in [-0.25, -0.2) is 0 Å². The van der Waals surface area contributed by atoms with E-state index >= 15 is 0 Å². The Morgan fingerprint density at radius 1 is 1.67 bits per heavy atom. The molecule has 1 aromatic heterocycles. The molecular weight excluding hydrogens is 232 g/mol. The van der Waals surface area contributed by atoms with E-state index < -0.39 is 0 Å². The van der Waals surface area contributed by atoms with Gasteiger partial charge in [-0.05, 0) is 14.0 Å². The molecule has 0 fully saturated rings. The highest BCUT2D eigenvalue weighted by molar-refractivity contribution is 7.80. The van der Waals surface area contributed by atoms with Crippen molar-refractivity contribution >= 4 is 28.8 Å². The first kappa shape index (κ1) is 12.4. The average molecular weight is 247 g/mol. The average Bonchev–Trinajstić information content (AvgIpc) is 2.31. The van der Waals surface area contributed by atoms with Crippen molar-refractivity contribution in [3.63, 3.8) is 0 Å². The molecule has 0 saturated carbocycles. The molecule has 0 aliphatic carbocycles. The van der Waals surface area contributed by atoms with E-state index in [9.17, 15) is 0 Å². The van der Waals surface area contributed by atoms with Crippen LogP contribution in [0.1, 0.15) is 11.4 Å². The van der Waals surface area contributed by atoms with Gasteiger partial charge in [0, 0.05) is 20.1 Å². The molecule has 0 bridgehead atoms. The van der Waals surface area contributed by atoms with Crippen LogP contribution in [0.25, 0.3) is 0 Å². The molecule has 0 unspecified atom stereocenters. The van der Waals surface area contributed by atoms with E-state index in [2.05, 4.69) is 5.10 Å². The molecule has 0 aromatic carbocycles. The van der Waals surface area contributed by atoms with Gasteiger partial charge in [0.05, 0.1) is 21.4 Å². The summed E-state index contributed by atoms with van der Waals surface area (Å²) >= 11 is 11.0.